The average Bonchev–Trinajstić information content (AvgIpc) is 2.63. The Morgan fingerprint density at radius 2 is 1.33 bits per heavy atom. The van der Waals surface area contributed by atoms with Crippen molar-refractivity contribution >= 4 is 12.6 Å². The lowest BCUT2D eigenvalue weighted by atomic mass is 10.0. The first-order chi connectivity index (χ1) is 12.9. The van der Waals surface area contributed by atoms with E-state index in [0.717, 1.165) is 38.4 Å². The minimum absolute atomic E-state index is 0.386. The van der Waals surface area contributed by atoms with Crippen LogP contribution in [0, 0.1) is 0 Å². The number of aldehydes is 2. The molecule has 0 saturated carbocycles. The van der Waals surface area contributed by atoms with Crippen molar-refractivity contribution in [1.82, 2.24) is 0 Å². The lowest BCUT2D eigenvalue weighted by Crippen LogP contribution is -1.87. The van der Waals surface area contributed by atoms with Crippen LogP contribution in [0.5, 0.6) is 0 Å². The first-order valence-electron chi connectivity index (χ1n) is 9.57. The predicted molar refractivity (Wildman–Crippen MR) is 116 cm³/mol. The molecule has 0 aromatic rings. The Bertz CT molecular complexity index is 639. The third kappa shape index (κ3) is 14.4. The summed E-state index contributed by atoms with van der Waals surface area (Å²) in [4.78, 5) is 21.8. The molecule has 0 aliphatic rings. The van der Waals surface area contributed by atoms with Gasteiger partial charge in [0.25, 0.3) is 0 Å². The SMILES string of the molecule is CC(C)=CCCC(C)=CCCC(C)=CCCC(C=O)=CC=CC(C=O)=CN. The number of rotatable bonds is 13. The van der Waals surface area contributed by atoms with Gasteiger partial charge in [0.2, 0.25) is 0 Å². The first-order valence-corrected chi connectivity index (χ1v) is 9.57. The van der Waals surface area contributed by atoms with Crippen molar-refractivity contribution < 1.29 is 9.59 Å². The number of carbonyl (C=O) groups excluding carboxylic acids is 2. The molecule has 0 aliphatic carbocycles. The van der Waals surface area contributed by atoms with Crippen LogP contribution < -0.4 is 5.73 Å². The molecule has 0 rings (SSSR count). The van der Waals surface area contributed by atoms with E-state index in [9.17, 15) is 9.59 Å². The molecule has 0 bridgehead atoms. The van der Waals surface area contributed by atoms with Crippen LogP contribution >= 0.6 is 0 Å². The number of nitrogens with two attached hydrogens (primary N) is 1. The fraction of sp³-hybridized carbons (Fsp3) is 0.417. The highest BCUT2D eigenvalue weighted by atomic mass is 16.1. The van der Waals surface area contributed by atoms with Crippen LogP contribution in [0.3, 0.4) is 0 Å². The van der Waals surface area contributed by atoms with Crippen LogP contribution in [-0.2, 0) is 9.59 Å². The molecule has 0 amide bonds. The van der Waals surface area contributed by atoms with Crippen LogP contribution in [0.1, 0.15) is 66.2 Å². The van der Waals surface area contributed by atoms with E-state index in [1.807, 2.05) is 0 Å². The molecule has 0 radical (unpaired) electrons. The number of hydrogen-bond acceptors (Lipinski definition) is 3. The smallest absolute Gasteiger partial charge is 0.151 e. The monoisotopic (exact) mass is 369 g/mol. The van der Waals surface area contributed by atoms with E-state index >= 15 is 0 Å². The van der Waals surface area contributed by atoms with Crippen molar-refractivity contribution in [3.05, 3.63) is 70.5 Å². The predicted octanol–water partition coefficient (Wildman–Crippen LogP) is 5.91. The van der Waals surface area contributed by atoms with Gasteiger partial charge in [-0.25, -0.2) is 0 Å². The molecule has 0 aliphatic heterocycles. The van der Waals surface area contributed by atoms with Gasteiger partial charge in [-0.05, 0) is 71.8 Å². The topological polar surface area (TPSA) is 60.2 Å². The van der Waals surface area contributed by atoms with Crippen LogP contribution in [0.25, 0.3) is 0 Å². The van der Waals surface area contributed by atoms with Gasteiger partial charge in [-0.2, -0.15) is 0 Å². The molecular formula is C24H35NO2. The van der Waals surface area contributed by atoms with Gasteiger partial charge in [-0.15, -0.1) is 0 Å². The van der Waals surface area contributed by atoms with Crippen molar-refractivity contribution in [3.63, 3.8) is 0 Å². The Morgan fingerprint density at radius 3 is 1.81 bits per heavy atom. The van der Waals surface area contributed by atoms with E-state index in [4.69, 9.17) is 5.73 Å². The molecule has 2 N–H and O–H groups in total. The van der Waals surface area contributed by atoms with Crippen molar-refractivity contribution in [2.24, 2.45) is 5.73 Å². The maximum Gasteiger partial charge on any atom is 0.151 e. The summed E-state index contributed by atoms with van der Waals surface area (Å²) in [5.41, 5.74) is 10.5. The summed E-state index contributed by atoms with van der Waals surface area (Å²) < 4.78 is 0. The standard InChI is InChI=1S/C24H35NO2/c1-20(2)9-5-10-21(3)11-6-12-22(4)13-7-14-23(18-26)15-8-16-24(17-25)19-27/h8-9,11,13,15-19H,5-7,10,12,14,25H2,1-4H3. The summed E-state index contributed by atoms with van der Waals surface area (Å²) in [6.07, 6.45) is 20.4. The summed E-state index contributed by atoms with van der Waals surface area (Å²) in [5, 5.41) is 0. The normalized spacial score (nSPS) is 13.8. The van der Waals surface area contributed by atoms with Gasteiger partial charge in [0, 0.05) is 11.8 Å². The fourth-order valence-electron chi connectivity index (χ4n) is 2.42. The van der Waals surface area contributed by atoms with Gasteiger partial charge in [-0.3, -0.25) is 9.59 Å². The number of allylic oxidation sites excluding steroid dienone is 11. The molecule has 0 fully saturated rings. The Kier molecular flexibility index (Phi) is 14.4. The van der Waals surface area contributed by atoms with E-state index in [1.54, 1.807) is 18.2 Å². The number of carbonyl (C=O) groups is 2. The van der Waals surface area contributed by atoms with E-state index in [-0.39, 0.29) is 0 Å². The van der Waals surface area contributed by atoms with Gasteiger partial charge >= 0.3 is 0 Å². The van der Waals surface area contributed by atoms with Crippen LogP contribution in [0.15, 0.2) is 70.5 Å². The summed E-state index contributed by atoms with van der Waals surface area (Å²) >= 11 is 0. The second-order valence-electron chi connectivity index (χ2n) is 7.00. The minimum Gasteiger partial charge on any atom is -0.404 e. The van der Waals surface area contributed by atoms with Gasteiger partial charge in [0.15, 0.2) is 6.29 Å². The Balaban J connectivity index is 4.34. The molecule has 3 nitrogen and oxygen atoms in total. The second kappa shape index (κ2) is 15.8. The molecule has 0 unspecified atom stereocenters. The maximum absolute atomic E-state index is 11.1. The van der Waals surface area contributed by atoms with E-state index in [2.05, 4.69) is 45.9 Å². The molecule has 0 atom stereocenters. The number of hydrogen-bond donors (Lipinski definition) is 1. The second-order valence-corrected chi connectivity index (χ2v) is 7.00. The van der Waals surface area contributed by atoms with E-state index < -0.39 is 0 Å². The third-order valence-corrected chi connectivity index (χ3v) is 4.13. The molecule has 3 heteroatoms. The van der Waals surface area contributed by atoms with Crippen molar-refractivity contribution in [2.45, 2.75) is 66.2 Å². The van der Waals surface area contributed by atoms with Crippen LogP contribution in [-0.4, -0.2) is 12.6 Å². The minimum atomic E-state index is 0.386. The highest BCUT2D eigenvalue weighted by molar-refractivity contribution is 5.78. The Labute approximate surface area is 165 Å². The lowest BCUT2D eigenvalue weighted by Gasteiger charge is -2.02. The third-order valence-electron chi connectivity index (χ3n) is 4.13. The first kappa shape index (κ1) is 24.6. The highest BCUT2D eigenvalue weighted by Gasteiger charge is 1.95. The highest BCUT2D eigenvalue weighted by Crippen LogP contribution is 2.13. The Hall–Kier alpha value is -2.42. The molecule has 0 aromatic heterocycles. The van der Waals surface area contributed by atoms with Gasteiger partial charge in [0.05, 0.1) is 0 Å². The fourth-order valence-corrected chi connectivity index (χ4v) is 2.42. The Morgan fingerprint density at radius 1 is 0.778 bits per heavy atom. The zero-order valence-corrected chi connectivity index (χ0v) is 17.3. The van der Waals surface area contributed by atoms with Crippen molar-refractivity contribution in [1.29, 1.82) is 0 Å². The van der Waals surface area contributed by atoms with Gasteiger partial charge in [0.1, 0.15) is 6.29 Å². The van der Waals surface area contributed by atoms with Crippen molar-refractivity contribution in [2.75, 3.05) is 0 Å². The molecule has 0 spiro atoms. The van der Waals surface area contributed by atoms with Crippen molar-refractivity contribution in [3.8, 4) is 0 Å². The lowest BCUT2D eigenvalue weighted by molar-refractivity contribution is -0.105. The molecule has 27 heavy (non-hydrogen) atoms. The van der Waals surface area contributed by atoms with E-state index in [0.29, 0.717) is 23.9 Å². The summed E-state index contributed by atoms with van der Waals surface area (Å²) in [6, 6.07) is 0. The summed E-state index contributed by atoms with van der Waals surface area (Å²) in [6.45, 7) is 8.60. The zero-order chi connectivity index (χ0) is 20.5. The van der Waals surface area contributed by atoms with Gasteiger partial charge in [-0.1, -0.05) is 53.2 Å². The molecule has 148 valence electrons. The summed E-state index contributed by atoms with van der Waals surface area (Å²) in [7, 11) is 0. The average molecular weight is 370 g/mol. The van der Waals surface area contributed by atoms with Crippen LogP contribution in [0.2, 0.25) is 0 Å². The zero-order valence-electron chi connectivity index (χ0n) is 17.3. The molecule has 0 heterocycles. The maximum atomic E-state index is 11.1. The quantitative estimate of drug-likeness (QED) is 0.190. The van der Waals surface area contributed by atoms with Crippen LogP contribution in [0.4, 0.5) is 0 Å². The molecule has 0 aromatic carbocycles. The molecular weight excluding hydrogens is 334 g/mol. The van der Waals surface area contributed by atoms with Gasteiger partial charge < -0.3 is 5.73 Å². The largest absolute Gasteiger partial charge is 0.404 e. The van der Waals surface area contributed by atoms with E-state index in [1.165, 1.54) is 22.9 Å². The molecule has 0 saturated heterocycles. The summed E-state index contributed by atoms with van der Waals surface area (Å²) in [5.74, 6) is 0.